The Morgan fingerprint density at radius 1 is 1.04 bits per heavy atom. The number of amides is 1. The highest BCUT2D eigenvalue weighted by atomic mass is 16.5. The molecule has 1 amide bonds. The average Bonchev–Trinajstić information content (AvgIpc) is 2.68. The van der Waals surface area contributed by atoms with Gasteiger partial charge in [-0.2, -0.15) is 0 Å². The van der Waals surface area contributed by atoms with Gasteiger partial charge < -0.3 is 20.1 Å². The summed E-state index contributed by atoms with van der Waals surface area (Å²) in [5.41, 5.74) is 2.98. The number of hydrogen-bond donors (Lipinski definition) is 2. The highest BCUT2D eigenvalue weighted by Gasteiger charge is 2.08. The van der Waals surface area contributed by atoms with Gasteiger partial charge in [-0.3, -0.25) is 9.78 Å². The second-order valence-electron chi connectivity index (χ2n) is 5.74. The van der Waals surface area contributed by atoms with Crippen LogP contribution < -0.4 is 20.1 Å². The van der Waals surface area contributed by atoms with Crippen molar-refractivity contribution in [2.45, 2.75) is 6.92 Å². The van der Waals surface area contributed by atoms with Gasteiger partial charge in [0.25, 0.3) is 0 Å². The number of hydrogen-bond acceptors (Lipinski definition) is 6. The zero-order chi connectivity index (χ0) is 19.2. The lowest BCUT2D eigenvalue weighted by Crippen LogP contribution is -2.05. The molecule has 3 aromatic rings. The van der Waals surface area contributed by atoms with E-state index in [0.717, 1.165) is 11.3 Å². The Balaban J connectivity index is 1.87. The molecule has 0 spiro atoms. The summed E-state index contributed by atoms with van der Waals surface area (Å²) in [6.45, 7) is 1.47. The Hall–Kier alpha value is -3.61. The Morgan fingerprint density at radius 3 is 2.63 bits per heavy atom. The maximum Gasteiger partial charge on any atom is 0.221 e. The fourth-order valence-corrected chi connectivity index (χ4v) is 2.56. The SMILES string of the molecule is COc1ccc(Nc2cncc(-c3cccc(NC(C)=O)c3)n2)c(OC)c1. The monoisotopic (exact) mass is 364 g/mol. The molecule has 3 rings (SSSR count). The molecule has 2 N–H and O–H groups in total. The number of aromatic nitrogens is 2. The Morgan fingerprint density at radius 2 is 1.89 bits per heavy atom. The number of nitrogens with one attached hydrogen (secondary N) is 2. The quantitative estimate of drug-likeness (QED) is 0.691. The van der Waals surface area contributed by atoms with Gasteiger partial charge in [0, 0.05) is 24.2 Å². The number of benzene rings is 2. The number of anilines is 3. The van der Waals surface area contributed by atoms with Gasteiger partial charge in [0.05, 0.1) is 38.0 Å². The Labute approximate surface area is 157 Å². The summed E-state index contributed by atoms with van der Waals surface area (Å²) in [6, 6.07) is 12.9. The van der Waals surface area contributed by atoms with Crippen molar-refractivity contribution in [3.05, 3.63) is 54.9 Å². The van der Waals surface area contributed by atoms with Crippen molar-refractivity contribution in [1.29, 1.82) is 0 Å². The van der Waals surface area contributed by atoms with Crippen LogP contribution in [0.3, 0.4) is 0 Å². The van der Waals surface area contributed by atoms with Crippen LogP contribution in [-0.4, -0.2) is 30.1 Å². The molecule has 0 saturated heterocycles. The van der Waals surface area contributed by atoms with E-state index < -0.39 is 0 Å². The molecule has 1 aromatic heterocycles. The number of nitrogens with zero attached hydrogens (tertiary/aromatic N) is 2. The number of carbonyl (C=O) groups excluding carboxylic acids is 1. The van der Waals surface area contributed by atoms with E-state index in [1.54, 1.807) is 32.7 Å². The van der Waals surface area contributed by atoms with Crippen molar-refractivity contribution < 1.29 is 14.3 Å². The Kier molecular flexibility index (Phi) is 5.51. The summed E-state index contributed by atoms with van der Waals surface area (Å²) in [5, 5.41) is 5.97. The molecule has 27 heavy (non-hydrogen) atoms. The second-order valence-corrected chi connectivity index (χ2v) is 5.74. The number of methoxy groups -OCH3 is 2. The second kappa shape index (κ2) is 8.18. The third-order valence-electron chi connectivity index (χ3n) is 3.78. The lowest BCUT2D eigenvalue weighted by Gasteiger charge is -2.12. The zero-order valence-corrected chi connectivity index (χ0v) is 15.3. The van der Waals surface area contributed by atoms with Gasteiger partial charge in [-0.1, -0.05) is 12.1 Å². The summed E-state index contributed by atoms with van der Waals surface area (Å²) in [6.07, 6.45) is 3.30. The van der Waals surface area contributed by atoms with E-state index in [-0.39, 0.29) is 5.91 Å². The first kappa shape index (κ1) is 18.2. The van der Waals surface area contributed by atoms with Crippen LogP contribution in [0.5, 0.6) is 11.5 Å². The minimum absolute atomic E-state index is 0.125. The summed E-state index contributed by atoms with van der Waals surface area (Å²) in [4.78, 5) is 20.1. The van der Waals surface area contributed by atoms with E-state index in [0.29, 0.717) is 28.7 Å². The first-order chi connectivity index (χ1) is 13.1. The number of ether oxygens (including phenoxy) is 2. The van der Waals surface area contributed by atoms with Crippen molar-refractivity contribution in [3.8, 4) is 22.8 Å². The smallest absolute Gasteiger partial charge is 0.221 e. The van der Waals surface area contributed by atoms with Gasteiger partial charge in [0.2, 0.25) is 5.91 Å². The van der Waals surface area contributed by atoms with E-state index in [4.69, 9.17) is 9.47 Å². The van der Waals surface area contributed by atoms with E-state index in [1.807, 2.05) is 36.4 Å². The largest absolute Gasteiger partial charge is 0.497 e. The first-order valence-electron chi connectivity index (χ1n) is 8.28. The van der Waals surface area contributed by atoms with Crippen LogP contribution in [0.25, 0.3) is 11.3 Å². The molecule has 1 heterocycles. The van der Waals surface area contributed by atoms with Gasteiger partial charge in [0.1, 0.15) is 17.3 Å². The maximum atomic E-state index is 11.3. The molecule has 7 heteroatoms. The van der Waals surface area contributed by atoms with Crippen molar-refractivity contribution in [2.24, 2.45) is 0 Å². The molecule has 0 radical (unpaired) electrons. The van der Waals surface area contributed by atoms with Crippen molar-refractivity contribution in [1.82, 2.24) is 9.97 Å². The summed E-state index contributed by atoms with van der Waals surface area (Å²) in [7, 11) is 3.20. The first-order valence-corrected chi connectivity index (χ1v) is 8.28. The van der Waals surface area contributed by atoms with Crippen LogP contribution >= 0.6 is 0 Å². The van der Waals surface area contributed by atoms with Gasteiger partial charge in [-0.05, 0) is 24.3 Å². The molecule has 0 aliphatic carbocycles. The molecule has 0 aliphatic rings. The summed E-state index contributed by atoms with van der Waals surface area (Å²) in [5.74, 6) is 1.78. The molecular weight excluding hydrogens is 344 g/mol. The topological polar surface area (TPSA) is 85.4 Å². The van der Waals surface area contributed by atoms with Gasteiger partial charge >= 0.3 is 0 Å². The lowest BCUT2D eigenvalue weighted by atomic mass is 10.1. The van der Waals surface area contributed by atoms with Crippen LogP contribution in [-0.2, 0) is 4.79 Å². The zero-order valence-electron chi connectivity index (χ0n) is 15.3. The van der Waals surface area contributed by atoms with Gasteiger partial charge in [-0.25, -0.2) is 4.98 Å². The van der Waals surface area contributed by atoms with E-state index in [9.17, 15) is 4.79 Å². The molecule has 0 fully saturated rings. The average molecular weight is 364 g/mol. The van der Waals surface area contributed by atoms with Crippen LogP contribution in [0, 0.1) is 0 Å². The van der Waals surface area contributed by atoms with Crippen molar-refractivity contribution in [2.75, 3.05) is 24.9 Å². The standard InChI is InChI=1S/C20H20N4O3/c1-13(25)22-15-6-4-5-14(9-15)18-11-21-12-20(24-18)23-17-8-7-16(26-2)10-19(17)27-3/h4-12H,1-3H3,(H,22,25)(H,23,24). The Bertz CT molecular complexity index is 959. The lowest BCUT2D eigenvalue weighted by molar-refractivity contribution is -0.114. The van der Waals surface area contributed by atoms with E-state index in [2.05, 4.69) is 20.6 Å². The third-order valence-corrected chi connectivity index (χ3v) is 3.78. The van der Waals surface area contributed by atoms with E-state index >= 15 is 0 Å². The minimum Gasteiger partial charge on any atom is -0.497 e. The molecule has 0 saturated carbocycles. The molecule has 0 bridgehead atoms. The van der Waals surface area contributed by atoms with Crippen LogP contribution in [0.4, 0.5) is 17.2 Å². The van der Waals surface area contributed by atoms with Crippen LogP contribution in [0.15, 0.2) is 54.9 Å². The fourth-order valence-electron chi connectivity index (χ4n) is 2.56. The molecule has 7 nitrogen and oxygen atoms in total. The van der Waals surface area contributed by atoms with Crippen molar-refractivity contribution >= 4 is 23.1 Å². The van der Waals surface area contributed by atoms with Crippen molar-refractivity contribution in [3.63, 3.8) is 0 Å². The predicted octanol–water partition coefficient (Wildman–Crippen LogP) is 3.86. The fraction of sp³-hybridized carbons (Fsp3) is 0.150. The van der Waals surface area contributed by atoms with Gasteiger partial charge in [0.15, 0.2) is 0 Å². The maximum absolute atomic E-state index is 11.3. The van der Waals surface area contributed by atoms with Crippen LogP contribution in [0.2, 0.25) is 0 Å². The number of carbonyl (C=O) groups is 1. The van der Waals surface area contributed by atoms with Crippen LogP contribution in [0.1, 0.15) is 6.92 Å². The van der Waals surface area contributed by atoms with Gasteiger partial charge in [-0.15, -0.1) is 0 Å². The predicted molar refractivity (Wildman–Crippen MR) is 105 cm³/mol. The third kappa shape index (κ3) is 4.52. The molecule has 0 unspecified atom stereocenters. The number of rotatable bonds is 6. The summed E-state index contributed by atoms with van der Waals surface area (Å²) < 4.78 is 10.6. The normalized spacial score (nSPS) is 10.2. The molecule has 0 aliphatic heterocycles. The molecule has 138 valence electrons. The highest BCUT2D eigenvalue weighted by Crippen LogP contribution is 2.31. The minimum atomic E-state index is -0.125. The molecular formula is C20H20N4O3. The highest BCUT2D eigenvalue weighted by molar-refractivity contribution is 5.89. The molecule has 0 atom stereocenters. The van der Waals surface area contributed by atoms with E-state index in [1.165, 1.54) is 6.92 Å². The molecule has 2 aromatic carbocycles. The summed E-state index contributed by atoms with van der Waals surface area (Å²) >= 11 is 0.